The maximum absolute atomic E-state index is 12.8. The molecule has 0 spiro atoms. The molecule has 1 heterocycles. The Labute approximate surface area is 133 Å². The van der Waals surface area contributed by atoms with E-state index in [0.29, 0.717) is 44.0 Å². The smallest absolute Gasteiger partial charge is 0.369 e. The topological polar surface area (TPSA) is 26.7 Å². The van der Waals surface area contributed by atoms with Crippen LogP contribution in [0.4, 0.5) is 32.0 Å². The van der Waals surface area contributed by atoms with Crippen molar-refractivity contribution in [1.29, 1.82) is 0 Å². The molecule has 130 valence electrons. The van der Waals surface area contributed by atoms with Crippen molar-refractivity contribution in [1.82, 2.24) is 4.42 Å². The number of anilines is 1. The van der Waals surface area contributed by atoms with E-state index < -0.39 is 23.5 Å². The summed E-state index contributed by atoms with van der Waals surface area (Å²) in [5, 5.41) is 9.30. The Morgan fingerprint density at radius 3 is 1.65 bits per heavy atom. The molecule has 0 bridgehead atoms. The Morgan fingerprint density at radius 1 is 0.826 bits per heavy atom. The monoisotopic (exact) mass is 362 g/mol. The first kappa shape index (κ1) is 18.2. The van der Waals surface area contributed by atoms with Gasteiger partial charge in [-0.2, -0.15) is 26.3 Å². The van der Waals surface area contributed by atoms with Crippen molar-refractivity contribution in [2.24, 2.45) is 0 Å². The first-order chi connectivity index (χ1) is 10.5. The van der Waals surface area contributed by atoms with Gasteiger partial charge in [-0.1, -0.05) is 12.1 Å². The fraction of sp³-hybridized carbons (Fsp3) is 0.538. The van der Waals surface area contributed by atoms with Crippen LogP contribution in [0.15, 0.2) is 24.3 Å². The van der Waals surface area contributed by atoms with E-state index in [-0.39, 0.29) is 0 Å². The molecule has 0 aromatic heterocycles. The zero-order valence-corrected chi connectivity index (χ0v) is 12.4. The van der Waals surface area contributed by atoms with Crippen molar-refractivity contribution in [3.05, 3.63) is 29.8 Å². The summed E-state index contributed by atoms with van der Waals surface area (Å²) in [6.45, 7) is 2.01. The van der Waals surface area contributed by atoms with Crippen LogP contribution < -0.4 is 4.90 Å². The first-order valence-electron chi connectivity index (χ1n) is 6.59. The van der Waals surface area contributed by atoms with E-state index in [1.165, 1.54) is 4.42 Å². The summed E-state index contributed by atoms with van der Waals surface area (Å²) in [5.41, 5.74) is -5.70. The van der Waals surface area contributed by atoms with E-state index in [1.807, 2.05) is 0 Å². The Bertz CT molecular complexity index is 523. The van der Waals surface area contributed by atoms with E-state index in [9.17, 15) is 31.4 Å². The van der Waals surface area contributed by atoms with Crippen LogP contribution in [0.25, 0.3) is 0 Å². The predicted molar refractivity (Wildman–Crippen MR) is 72.1 cm³/mol. The highest BCUT2D eigenvalue weighted by molar-refractivity contribution is 6.13. The highest BCUT2D eigenvalue weighted by Gasteiger charge is 2.71. The van der Waals surface area contributed by atoms with Crippen molar-refractivity contribution >= 4 is 17.5 Å². The average Bonchev–Trinajstić information content (AvgIpc) is 2.45. The van der Waals surface area contributed by atoms with E-state index in [0.717, 1.165) is 12.1 Å². The zero-order valence-electron chi connectivity index (χ0n) is 11.6. The van der Waals surface area contributed by atoms with Crippen LogP contribution in [0.5, 0.6) is 0 Å². The molecule has 0 atom stereocenters. The molecular weight excluding hydrogens is 350 g/mol. The van der Waals surface area contributed by atoms with Gasteiger partial charge in [0, 0.05) is 37.4 Å². The Morgan fingerprint density at radius 2 is 1.26 bits per heavy atom. The summed E-state index contributed by atoms with van der Waals surface area (Å²) in [7, 11) is 0. The van der Waals surface area contributed by atoms with Gasteiger partial charge in [0.15, 0.2) is 0 Å². The molecule has 2 rings (SSSR count). The Balaban J connectivity index is 2.30. The van der Waals surface area contributed by atoms with Crippen molar-refractivity contribution in [3.63, 3.8) is 0 Å². The van der Waals surface area contributed by atoms with Crippen molar-refractivity contribution in [3.8, 4) is 0 Å². The highest BCUT2D eigenvalue weighted by Crippen LogP contribution is 2.50. The molecule has 1 saturated heterocycles. The molecule has 1 fully saturated rings. The molecule has 23 heavy (non-hydrogen) atoms. The maximum Gasteiger partial charge on any atom is 0.430 e. The van der Waals surface area contributed by atoms with Crippen LogP contribution in [0, 0.1) is 0 Å². The number of aliphatic hydroxyl groups is 1. The minimum absolute atomic E-state index is 0.463. The third kappa shape index (κ3) is 3.36. The second kappa shape index (κ2) is 6.03. The summed E-state index contributed by atoms with van der Waals surface area (Å²) >= 11 is 5.78. The van der Waals surface area contributed by atoms with Crippen LogP contribution >= 0.6 is 11.8 Å². The number of alkyl halides is 6. The lowest BCUT2D eigenvalue weighted by Gasteiger charge is -2.34. The van der Waals surface area contributed by atoms with Gasteiger partial charge in [0.2, 0.25) is 0 Å². The van der Waals surface area contributed by atoms with Gasteiger partial charge in [0.05, 0.1) is 0 Å². The number of piperazine rings is 1. The summed E-state index contributed by atoms with van der Waals surface area (Å²) in [5.74, 6) is 0. The van der Waals surface area contributed by atoms with Gasteiger partial charge < -0.3 is 10.0 Å². The van der Waals surface area contributed by atoms with Crippen molar-refractivity contribution in [2.75, 3.05) is 31.1 Å². The minimum atomic E-state index is -5.88. The molecule has 1 aromatic carbocycles. The molecule has 1 aliphatic heterocycles. The SMILES string of the molecule is OC(c1ccc(N2CCN(Cl)CC2)cc1)(C(F)(F)F)C(F)(F)F. The molecule has 0 saturated carbocycles. The van der Waals surface area contributed by atoms with Gasteiger partial charge >= 0.3 is 12.4 Å². The van der Waals surface area contributed by atoms with Crippen LogP contribution in [-0.2, 0) is 5.60 Å². The third-order valence-electron chi connectivity index (χ3n) is 3.70. The lowest BCUT2D eigenvalue weighted by atomic mass is 9.92. The molecule has 0 aliphatic carbocycles. The second-order valence-corrected chi connectivity index (χ2v) is 5.63. The van der Waals surface area contributed by atoms with Crippen molar-refractivity contribution in [2.45, 2.75) is 18.0 Å². The zero-order chi connectivity index (χ0) is 17.5. The number of rotatable bonds is 2. The molecule has 1 aromatic rings. The maximum atomic E-state index is 12.8. The molecular formula is C13H13ClF6N2O. The van der Waals surface area contributed by atoms with Crippen molar-refractivity contribution < 1.29 is 31.4 Å². The quantitative estimate of drug-likeness (QED) is 0.646. The normalized spacial score (nSPS) is 18.3. The van der Waals surface area contributed by atoms with Crippen LogP contribution in [0.2, 0.25) is 0 Å². The van der Waals surface area contributed by atoms with Gasteiger partial charge in [-0.05, 0) is 23.9 Å². The highest BCUT2D eigenvalue weighted by atomic mass is 35.5. The van der Waals surface area contributed by atoms with Gasteiger partial charge in [-0.15, -0.1) is 0 Å². The fourth-order valence-corrected chi connectivity index (χ4v) is 2.49. The Kier molecular flexibility index (Phi) is 4.76. The van der Waals surface area contributed by atoms with Gasteiger partial charge in [-0.25, -0.2) is 4.42 Å². The molecule has 0 amide bonds. The van der Waals surface area contributed by atoms with Gasteiger partial charge in [-0.3, -0.25) is 0 Å². The number of benzene rings is 1. The minimum Gasteiger partial charge on any atom is -0.369 e. The molecule has 10 heteroatoms. The lowest BCUT2D eigenvalue weighted by Crippen LogP contribution is -2.53. The summed E-state index contributed by atoms with van der Waals surface area (Å²) in [4.78, 5) is 1.78. The predicted octanol–water partition coefficient (Wildman–Crippen LogP) is 3.27. The summed E-state index contributed by atoms with van der Waals surface area (Å²) < 4.78 is 78.2. The standard InChI is InChI=1S/C13H13ClF6N2O/c14-22-7-5-21(6-8-22)10-3-1-9(2-4-10)11(23,12(15,16)17)13(18,19)20/h1-4,23H,5-8H2. The van der Waals surface area contributed by atoms with Gasteiger partial charge in [0.1, 0.15) is 0 Å². The van der Waals surface area contributed by atoms with E-state index >= 15 is 0 Å². The molecule has 0 radical (unpaired) electrons. The Hall–Kier alpha value is -1.19. The van der Waals surface area contributed by atoms with Crippen LogP contribution in [-0.4, -0.2) is 48.1 Å². The molecule has 1 N–H and O–H groups in total. The molecule has 3 nitrogen and oxygen atoms in total. The summed E-state index contributed by atoms with van der Waals surface area (Å²) in [6.07, 6.45) is -11.8. The van der Waals surface area contributed by atoms with E-state index in [2.05, 4.69) is 0 Å². The van der Waals surface area contributed by atoms with E-state index in [4.69, 9.17) is 11.8 Å². The summed E-state index contributed by atoms with van der Waals surface area (Å²) in [6, 6.07) is 3.54. The lowest BCUT2D eigenvalue weighted by molar-refractivity contribution is -0.376. The largest absolute Gasteiger partial charge is 0.430 e. The number of hydrogen-bond acceptors (Lipinski definition) is 3. The van der Waals surface area contributed by atoms with Crippen LogP contribution in [0.1, 0.15) is 5.56 Å². The number of halogens is 7. The molecule has 0 unspecified atom stereocenters. The van der Waals surface area contributed by atoms with Crippen LogP contribution in [0.3, 0.4) is 0 Å². The second-order valence-electron chi connectivity index (χ2n) is 5.15. The van der Waals surface area contributed by atoms with Gasteiger partial charge in [0.25, 0.3) is 5.60 Å². The number of hydrogen-bond donors (Lipinski definition) is 1. The number of nitrogens with zero attached hydrogens (tertiary/aromatic N) is 2. The molecule has 1 aliphatic rings. The first-order valence-corrected chi connectivity index (χ1v) is 6.92. The van der Waals surface area contributed by atoms with E-state index in [1.54, 1.807) is 4.90 Å². The fourth-order valence-electron chi connectivity index (χ4n) is 2.34. The average molecular weight is 363 g/mol. The third-order valence-corrected chi connectivity index (χ3v) is 4.03.